The van der Waals surface area contributed by atoms with E-state index in [-0.39, 0.29) is 5.91 Å². The summed E-state index contributed by atoms with van der Waals surface area (Å²) in [6.45, 7) is 6.78. The third-order valence-electron chi connectivity index (χ3n) is 2.69. The van der Waals surface area contributed by atoms with Crippen molar-refractivity contribution in [2.75, 3.05) is 11.9 Å². The van der Waals surface area contributed by atoms with E-state index in [4.69, 9.17) is 0 Å². The topological polar surface area (TPSA) is 54.0 Å². The smallest absolute Gasteiger partial charge is 0.251 e. The van der Waals surface area contributed by atoms with Crippen molar-refractivity contribution in [2.24, 2.45) is 0 Å². The van der Waals surface area contributed by atoms with E-state index in [1.54, 1.807) is 29.5 Å². The zero-order valence-electron chi connectivity index (χ0n) is 11.3. The van der Waals surface area contributed by atoms with Crippen LogP contribution in [0.3, 0.4) is 0 Å². The molecular formula is C15H17N3OS. The number of amides is 1. The molecule has 5 heteroatoms. The summed E-state index contributed by atoms with van der Waals surface area (Å²) in [6.07, 6.45) is 3.54. The number of benzene rings is 1. The molecule has 1 aromatic heterocycles. The van der Waals surface area contributed by atoms with E-state index in [9.17, 15) is 4.79 Å². The summed E-state index contributed by atoms with van der Waals surface area (Å²) in [5, 5.41) is 7.12. The zero-order valence-corrected chi connectivity index (χ0v) is 12.2. The highest BCUT2D eigenvalue weighted by molar-refractivity contribution is 7.11. The lowest BCUT2D eigenvalue weighted by atomic mass is 10.2. The second kappa shape index (κ2) is 6.86. The molecule has 1 amide bonds. The summed E-state index contributed by atoms with van der Waals surface area (Å²) in [6, 6.07) is 7.41. The summed E-state index contributed by atoms with van der Waals surface area (Å²) in [7, 11) is 0. The Hall–Kier alpha value is -2.14. The number of carbonyl (C=O) groups excluding carboxylic acids is 1. The van der Waals surface area contributed by atoms with Crippen LogP contribution in [0.2, 0.25) is 0 Å². The summed E-state index contributed by atoms with van der Waals surface area (Å²) in [5.41, 5.74) is 1.63. The van der Waals surface area contributed by atoms with Gasteiger partial charge in [0.15, 0.2) is 0 Å². The largest absolute Gasteiger partial charge is 0.380 e. The first-order chi connectivity index (χ1) is 9.69. The molecule has 104 valence electrons. The monoisotopic (exact) mass is 287 g/mol. The van der Waals surface area contributed by atoms with Gasteiger partial charge in [-0.1, -0.05) is 6.08 Å². The molecule has 20 heavy (non-hydrogen) atoms. The molecule has 2 N–H and O–H groups in total. The molecular weight excluding hydrogens is 270 g/mol. The van der Waals surface area contributed by atoms with Crippen molar-refractivity contribution in [1.29, 1.82) is 0 Å². The fourth-order valence-electron chi connectivity index (χ4n) is 1.68. The van der Waals surface area contributed by atoms with E-state index in [2.05, 4.69) is 22.2 Å². The van der Waals surface area contributed by atoms with E-state index < -0.39 is 0 Å². The Bertz CT molecular complexity index is 589. The van der Waals surface area contributed by atoms with Gasteiger partial charge in [0.1, 0.15) is 0 Å². The molecule has 0 aliphatic carbocycles. The van der Waals surface area contributed by atoms with Gasteiger partial charge in [-0.25, -0.2) is 4.98 Å². The molecule has 1 aromatic carbocycles. The molecule has 2 rings (SSSR count). The molecule has 2 aromatic rings. The zero-order chi connectivity index (χ0) is 14.4. The third-order valence-corrected chi connectivity index (χ3v) is 3.60. The van der Waals surface area contributed by atoms with Crippen LogP contribution < -0.4 is 10.6 Å². The average molecular weight is 287 g/mol. The Balaban J connectivity index is 1.91. The Labute approximate surface area is 122 Å². The standard InChI is InChI=1S/C15H17N3OS/c1-3-8-16-15(19)12-4-6-13(7-5-12)18-10-14-9-17-11(2)20-14/h3-7,9,18H,1,8,10H2,2H3,(H,16,19). The number of aryl methyl sites for hydroxylation is 1. The average Bonchev–Trinajstić information content (AvgIpc) is 2.89. The van der Waals surface area contributed by atoms with Crippen LogP contribution in [0.1, 0.15) is 20.2 Å². The van der Waals surface area contributed by atoms with Crippen LogP contribution in [0.5, 0.6) is 0 Å². The van der Waals surface area contributed by atoms with Crippen molar-refractivity contribution in [3.63, 3.8) is 0 Å². The third kappa shape index (κ3) is 3.93. The molecule has 0 fully saturated rings. The second-order valence-corrected chi connectivity index (χ2v) is 5.59. The van der Waals surface area contributed by atoms with Crippen molar-refractivity contribution in [1.82, 2.24) is 10.3 Å². The highest BCUT2D eigenvalue weighted by Crippen LogP contribution is 2.15. The number of nitrogens with zero attached hydrogens (tertiary/aromatic N) is 1. The van der Waals surface area contributed by atoms with Crippen LogP contribution >= 0.6 is 11.3 Å². The normalized spacial score (nSPS) is 10.1. The maximum atomic E-state index is 11.7. The van der Waals surface area contributed by atoms with E-state index in [0.29, 0.717) is 12.1 Å². The molecule has 0 unspecified atom stereocenters. The summed E-state index contributed by atoms with van der Waals surface area (Å²) in [4.78, 5) is 17.1. The first kappa shape index (κ1) is 14.3. The molecule has 0 radical (unpaired) electrons. The predicted octanol–water partition coefficient (Wildman–Crippen LogP) is 2.98. The Kier molecular flexibility index (Phi) is 4.90. The molecule has 0 spiro atoms. The van der Waals surface area contributed by atoms with Crippen LogP contribution in [-0.4, -0.2) is 17.4 Å². The summed E-state index contributed by atoms with van der Waals surface area (Å²) < 4.78 is 0. The van der Waals surface area contributed by atoms with Gasteiger partial charge >= 0.3 is 0 Å². The SMILES string of the molecule is C=CCNC(=O)c1ccc(NCc2cnc(C)s2)cc1. The Morgan fingerprint density at radius 1 is 1.40 bits per heavy atom. The quantitative estimate of drug-likeness (QED) is 0.803. The molecule has 0 aliphatic rings. The Morgan fingerprint density at radius 3 is 2.75 bits per heavy atom. The van der Waals surface area contributed by atoms with Gasteiger partial charge in [-0.05, 0) is 31.2 Å². The van der Waals surface area contributed by atoms with Gasteiger partial charge in [-0.15, -0.1) is 17.9 Å². The van der Waals surface area contributed by atoms with Gasteiger partial charge < -0.3 is 10.6 Å². The first-order valence-corrected chi connectivity index (χ1v) is 7.15. The number of hydrogen-bond donors (Lipinski definition) is 2. The lowest BCUT2D eigenvalue weighted by molar-refractivity contribution is 0.0958. The highest BCUT2D eigenvalue weighted by atomic mass is 32.1. The highest BCUT2D eigenvalue weighted by Gasteiger charge is 2.04. The summed E-state index contributed by atoms with van der Waals surface area (Å²) >= 11 is 1.68. The molecule has 0 saturated heterocycles. The van der Waals surface area contributed by atoms with Gasteiger partial charge in [0.05, 0.1) is 11.6 Å². The first-order valence-electron chi connectivity index (χ1n) is 6.33. The van der Waals surface area contributed by atoms with Crippen LogP contribution in [-0.2, 0) is 6.54 Å². The fourth-order valence-corrected chi connectivity index (χ4v) is 2.42. The lowest BCUT2D eigenvalue weighted by Crippen LogP contribution is -2.23. The number of aromatic nitrogens is 1. The van der Waals surface area contributed by atoms with E-state index >= 15 is 0 Å². The molecule has 0 bridgehead atoms. The van der Waals surface area contributed by atoms with Crippen LogP contribution in [0.4, 0.5) is 5.69 Å². The Morgan fingerprint density at radius 2 is 2.15 bits per heavy atom. The minimum absolute atomic E-state index is 0.0884. The number of hydrogen-bond acceptors (Lipinski definition) is 4. The van der Waals surface area contributed by atoms with Crippen LogP contribution in [0.25, 0.3) is 0 Å². The van der Waals surface area contributed by atoms with Gasteiger partial charge in [0.25, 0.3) is 5.91 Å². The van der Waals surface area contributed by atoms with E-state index in [1.807, 2.05) is 25.3 Å². The number of nitrogens with one attached hydrogen (secondary N) is 2. The van der Waals surface area contributed by atoms with Crippen LogP contribution in [0, 0.1) is 6.92 Å². The molecule has 0 saturated carbocycles. The number of carbonyl (C=O) groups is 1. The molecule has 1 heterocycles. The predicted molar refractivity (Wildman–Crippen MR) is 83.1 cm³/mol. The molecule has 0 atom stereocenters. The van der Waals surface area contributed by atoms with Crippen molar-refractivity contribution in [3.8, 4) is 0 Å². The van der Waals surface area contributed by atoms with E-state index in [1.165, 1.54) is 4.88 Å². The van der Waals surface area contributed by atoms with Gasteiger partial charge in [-0.3, -0.25) is 4.79 Å². The van der Waals surface area contributed by atoms with Crippen molar-refractivity contribution in [2.45, 2.75) is 13.5 Å². The van der Waals surface area contributed by atoms with Crippen molar-refractivity contribution >= 4 is 22.9 Å². The maximum Gasteiger partial charge on any atom is 0.251 e. The van der Waals surface area contributed by atoms with Gasteiger partial charge in [0, 0.05) is 28.9 Å². The molecule has 0 aliphatic heterocycles. The van der Waals surface area contributed by atoms with Gasteiger partial charge in [-0.2, -0.15) is 0 Å². The summed E-state index contributed by atoms with van der Waals surface area (Å²) in [5.74, 6) is -0.0884. The minimum atomic E-state index is -0.0884. The fraction of sp³-hybridized carbons (Fsp3) is 0.200. The maximum absolute atomic E-state index is 11.7. The minimum Gasteiger partial charge on any atom is -0.380 e. The molecule has 4 nitrogen and oxygen atoms in total. The number of thiazole rings is 1. The number of anilines is 1. The van der Waals surface area contributed by atoms with Crippen molar-refractivity contribution < 1.29 is 4.79 Å². The second-order valence-electron chi connectivity index (χ2n) is 4.28. The van der Waals surface area contributed by atoms with Gasteiger partial charge in [0.2, 0.25) is 0 Å². The lowest BCUT2D eigenvalue weighted by Gasteiger charge is -2.06. The van der Waals surface area contributed by atoms with E-state index in [0.717, 1.165) is 17.2 Å². The van der Waals surface area contributed by atoms with Crippen LogP contribution in [0.15, 0.2) is 43.1 Å². The van der Waals surface area contributed by atoms with Crippen molar-refractivity contribution in [3.05, 3.63) is 58.6 Å². The number of rotatable bonds is 6.